The van der Waals surface area contributed by atoms with E-state index in [0.717, 1.165) is 21.3 Å². The molecule has 0 aliphatic carbocycles. The fourth-order valence-electron chi connectivity index (χ4n) is 2.66. The highest BCUT2D eigenvalue weighted by Gasteiger charge is 2.13. The monoisotopic (exact) mass is 423 g/mol. The number of hydrogen-bond donors (Lipinski definition) is 1. The minimum atomic E-state index is -0.0233. The first-order valence-electron chi connectivity index (χ1n) is 8.49. The quantitative estimate of drug-likeness (QED) is 0.615. The number of ether oxygens (including phenoxy) is 4. The standard InChI is InChI=1S/C20H26BrNO4/c1-5-26-20(14-6-8-16(23-2)9-7-14)13-22-12-15-10-18(24-3)19(25-4)11-17(15)21/h6-11,20,22H,5,12-13H2,1-4H3. The van der Waals surface area contributed by atoms with Gasteiger partial charge in [0.15, 0.2) is 11.5 Å². The zero-order chi connectivity index (χ0) is 18.9. The Hall–Kier alpha value is -1.76. The van der Waals surface area contributed by atoms with E-state index in [0.29, 0.717) is 31.2 Å². The maximum Gasteiger partial charge on any atom is 0.161 e. The van der Waals surface area contributed by atoms with Gasteiger partial charge in [0.05, 0.1) is 27.4 Å². The van der Waals surface area contributed by atoms with Crippen molar-refractivity contribution in [1.29, 1.82) is 0 Å². The van der Waals surface area contributed by atoms with Gasteiger partial charge in [-0.1, -0.05) is 28.1 Å². The summed E-state index contributed by atoms with van der Waals surface area (Å²) in [6.45, 7) is 4.03. The number of benzene rings is 2. The van der Waals surface area contributed by atoms with Gasteiger partial charge in [0.2, 0.25) is 0 Å². The van der Waals surface area contributed by atoms with Crippen molar-refractivity contribution in [2.24, 2.45) is 0 Å². The minimum absolute atomic E-state index is 0.0233. The average Bonchev–Trinajstić information content (AvgIpc) is 2.68. The van der Waals surface area contributed by atoms with Gasteiger partial charge in [-0.2, -0.15) is 0 Å². The molecule has 1 atom stereocenters. The molecule has 0 aliphatic heterocycles. The Morgan fingerprint density at radius 2 is 1.62 bits per heavy atom. The molecule has 0 aliphatic rings. The first kappa shape index (κ1) is 20.6. The van der Waals surface area contributed by atoms with Crippen LogP contribution in [0.4, 0.5) is 0 Å². The molecular weight excluding hydrogens is 398 g/mol. The molecule has 0 heterocycles. The van der Waals surface area contributed by atoms with E-state index >= 15 is 0 Å². The van der Waals surface area contributed by atoms with Gasteiger partial charge in [-0.3, -0.25) is 0 Å². The van der Waals surface area contributed by atoms with Crippen molar-refractivity contribution in [3.63, 3.8) is 0 Å². The lowest BCUT2D eigenvalue weighted by atomic mass is 10.1. The van der Waals surface area contributed by atoms with Crippen molar-refractivity contribution in [3.8, 4) is 17.2 Å². The predicted molar refractivity (Wildman–Crippen MR) is 106 cm³/mol. The van der Waals surface area contributed by atoms with Crippen LogP contribution in [-0.4, -0.2) is 34.5 Å². The second-order valence-electron chi connectivity index (χ2n) is 5.65. The van der Waals surface area contributed by atoms with Crippen molar-refractivity contribution in [3.05, 3.63) is 52.0 Å². The SMILES string of the molecule is CCOC(CNCc1cc(OC)c(OC)cc1Br)c1ccc(OC)cc1. The van der Waals surface area contributed by atoms with E-state index in [9.17, 15) is 0 Å². The molecular formula is C20H26BrNO4. The van der Waals surface area contributed by atoms with E-state index in [1.54, 1.807) is 21.3 Å². The van der Waals surface area contributed by atoms with Gasteiger partial charge in [-0.25, -0.2) is 0 Å². The molecule has 2 rings (SSSR count). The molecule has 5 nitrogen and oxygen atoms in total. The Labute approximate surface area is 163 Å². The Bertz CT molecular complexity index is 691. The zero-order valence-corrected chi connectivity index (χ0v) is 17.3. The second kappa shape index (κ2) is 10.4. The number of halogens is 1. The maximum absolute atomic E-state index is 5.89. The highest BCUT2D eigenvalue weighted by molar-refractivity contribution is 9.10. The summed E-state index contributed by atoms with van der Waals surface area (Å²) in [7, 11) is 4.93. The van der Waals surface area contributed by atoms with Crippen LogP contribution in [-0.2, 0) is 11.3 Å². The van der Waals surface area contributed by atoms with Crippen LogP contribution in [0.3, 0.4) is 0 Å². The van der Waals surface area contributed by atoms with Crippen molar-refractivity contribution >= 4 is 15.9 Å². The molecule has 6 heteroatoms. The van der Waals surface area contributed by atoms with Crippen molar-refractivity contribution in [2.45, 2.75) is 19.6 Å². The van der Waals surface area contributed by atoms with Crippen molar-refractivity contribution in [2.75, 3.05) is 34.5 Å². The van der Waals surface area contributed by atoms with Gasteiger partial charge in [-0.05, 0) is 42.3 Å². The minimum Gasteiger partial charge on any atom is -0.497 e. The Kier molecular flexibility index (Phi) is 8.22. The lowest BCUT2D eigenvalue weighted by Gasteiger charge is -2.19. The molecule has 0 aromatic heterocycles. The molecule has 0 fully saturated rings. The van der Waals surface area contributed by atoms with Crippen molar-refractivity contribution < 1.29 is 18.9 Å². The third kappa shape index (κ3) is 5.37. The number of nitrogens with one attached hydrogen (secondary N) is 1. The molecule has 1 unspecified atom stereocenters. The van der Waals surface area contributed by atoms with Gasteiger partial charge in [-0.15, -0.1) is 0 Å². The summed E-state index contributed by atoms with van der Waals surface area (Å²) in [5, 5.41) is 3.46. The van der Waals surface area contributed by atoms with Gasteiger partial charge in [0.1, 0.15) is 5.75 Å². The summed E-state index contributed by atoms with van der Waals surface area (Å²) in [6.07, 6.45) is -0.0233. The smallest absolute Gasteiger partial charge is 0.161 e. The molecule has 2 aromatic carbocycles. The molecule has 0 saturated carbocycles. The van der Waals surface area contributed by atoms with Crippen LogP contribution in [0.15, 0.2) is 40.9 Å². The van der Waals surface area contributed by atoms with Gasteiger partial charge in [0.25, 0.3) is 0 Å². The summed E-state index contributed by atoms with van der Waals surface area (Å²) in [5.41, 5.74) is 2.21. The van der Waals surface area contributed by atoms with E-state index in [1.807, 2.05) is 43.3 Å². The normalized spacial score (nSPS) is 11.9. The Morgan fingerprint density at radius 1 is 0.962 bits per heavy atom. The summed E-state index contributed by atoms with van der Waals surface area (Å²) in [5.74, 6) is 2.25. The van der Waals surface area contributed by atoms with Crippen LogP contribution >= 0.6 is 15.9 Å². The summed E-state index contributed by atoms with van der Waals surface area (Å²) < 4.78 is 22.8. The van der Waals surface area contributed by atoms with E-state index in [2.05, 4.69) is 21.2 Å². The van der Waals surface area contributed by atoms with Gasteiger partial charge < -0.3 is 24.3 Å². The maximum atomic E-state index is 5.89. The van der Waals surface area contributed by atoms with E-state index in [-0.39, 0.29) is 6.10 Å². The summed E-state index contributed by atoms with van der Waals surface area (Å²) in [4.78, 5) is 0. The largest absolute Gasteiger partial charge is 0.497 e. The Morgan fingerprint density at radius 3 is 2.19 bits per heavy atom. The third-order valence-electron chi connectivity index (χ3n) is 4.05. The van der Waals surface area contributed by atoms with Gasteiger partial charge >= 0.3 is 0 Å². The molecule has 2 aromatic rings. The highest BCUT2D eigenvalue weighted by atomic mass is 79.9. The molecule has 142 valence electrons. The lowest BCUT2D eigenvalue weighted by molar-refractivity contribution is 0.0621. The van der Waals surface area contributed by atoms with Crippen molar-refractivity contribution in [1.82, 2.24) is 5.32 Å². The summed E-state index contributed by atoms with van der Waals surface area (Å²) in [6, 6.07) is 11.9. The van der Waals surface area contributed by atoms with E-state index in [1.165, 1.54) is 0 Å². The second-order valence-corrected chi connectivity index (χ2v) is 6.50. The molecule has 0 spiro atoms. The molecule has 0 radical (unpaired) electrons. The van der Waals surface area contributed by atoms with Crippen LogP contribution in [0.5, 0.6) is 17.2 Å². The van der Waals surface area contributed by atoms with Gasteiger partial charge in [0, 0.05) is 24.2 Å². The lowest BCUT2D eigenvalue weighted by Crippen LogP contribution is -2.23. The Balaban J connectivity index is 2.03. The first-order valence-corrected chi connectivity index (χ1v) is 9.28. The fourth-order valence-corrected chi connectivity index (χ4v) is 3.12. The van der Waals surface area contributed by atoms with E-state index < -0.39 is 0 Å². The molecule has 26 heavy (non-hydrogen) atoms. The molecule has 1 N–H and O–H groups in total. The number of methoxy groups -OCH3 is 3. The molecule has 0 saturated heterocycles. The third-order valence-corrected chi connectivity index (χ3v) is 4.79. The fraction of sp³-hybridized carbons (Fsp3) is 0.400. The van der Waals surface area contributed by atoms with Crippen LogP contribution in [0.25, 0.3) is 0 Å². The number of hydrogen-bond acceptors (Lipinski definition) is 5. The summed E-state index contributed by atoms with van der Waals surface area (Å²) >= 11 is 3.59. The van der Waals surface area contributed by atoms with Crippen LogP contribution in [0.2, 0.25) is 0 Å². The topological polar surface area (TPSA) is 49.0 Å². The molecule has 0 amide bonds. The van der Waals surface area contributed by atoms with E-state index in [4.69, 9.17) is 18.9 Å². The average molecular weight is 424 g/mol. The van der Waals surface area contributed by atoms with Crippen LogP contribution in [0.1, 0.15) is 24.2 Å². The zero-order valence-electron chi connectivity index (χ0n) is 15.7. The molecule has 0 bridgehead atoms. The number of rotatable bonds is 10. The highest BCUT2D eigenvalue weighted by Crippen LogP contribution is 2.33. The first-order chi connectivity index (χ1) is 12.6. The van der Waals surface area contributed by atoms with Crippen LogP contribution in [0, 0.1) is 0 Å². The van der Waals surface area contributed by atoms with Crippen LogP contribution < -0.4 is 19.5 Å². The predicted octanol–water partition coefficient (Wildman–Crippen LogP) is 4.34.